The lowest BCUT2D eigenvalue weighted by molar-refractivity contribution is -0.138. The van der Waals surface area contributed by atoms with Gasteiger partial charge < -0.3 is 15.5 Å². The third-order valence-electron chi connectivity index (χ3n) is 7.81. The van der Waals surface area contributed by atoms with Gasteiger partial charge in [0.15, 0.2) is 0 Å². The van der Waals surface area contributed by atoms with E-state index in [4.69, 9.17) is 0 Å². The van der Waals surface area contributed by atoms with Crippen LogP contribution >= 0.6 is 25.3 Å². The molecule has 2 rings (SSSR count). The van der Waals surface area contributed by atoms with Crippen LogP contribution in [0.25, 0.3) is 6.08 Å². The van der Waals surface area contributed by atoms with Crippen LogP contribution in [0.15, 0.2) is 23.8 Å². The summed E-state index contributed by atoms with van der Waals surface area (Å²) in [5.41, 5.74) is 3.97. The lowest BCUT2D eigenvalue weighted by Crippen LogP contribution is -2.42. The van der Waals surface area contributed by atoms with E-state index in [0.717, 1.165) is 80.9 Å². The van der Waals surface area contributed by atoms with E-state index >= 15 is 0 Å². The zero-order valence-corrected chi connectivity index (χ0v) is 30.0. The highest BCUT2D eigenvalue weighted by molar-refractivity contribution is 7.97. The number of nitrogens with one attached hydrogen (secondary N) is 2. The van der Waals surface area contributed by atoms with Crippen LogP contribution in [-0.4, -0.2) is 97.7 Å². The highest BCUT2D eigenvalue weighted by Gasteiger charge is 2.16. The monoisotopic (exact) mass is 677 g/mol. The van der Waals surface area contributed by atoms with E-state index < -0.39 is 0 Å². The summed E-state index contributed by atoms with van der Waals surface area (Å²) >= 11 is 7.44. The topological polar surface area (TPSA) is 119 Å². The number of rotatable bonds is 18. The highest BCUT2D eigenvalue weighted by atomic mass is 32.1. The zero-order chi connectivity index (χ0) is 34.3. The Hall–Kier alpha value is -2.83. The summed E-state index contributed by atoms with van der Waals surface area (Å²) < 4.78 is 0. The van der Waals surface area contributed by atoms with Crippen molar-refractivity contribution in [3.63, 3.8) is 0 Å². The Morgan fingerprint density at radius 3 is 2.28 bits per heavy atom. The maximum atomic E-state index is 12.3. The molecule has 0 aromatic heterocycles. The first-order valence-electron chi connectivity index (χ1n) is 16.4. The fraction of sp³-hybridized carbons (Fsp3) is 0.618. The standard InChI is InChI=1S/C33H51N5O5S.CH4S/c1-4-10-32(42)38(25-39)19-14-31(41)34-15-7-5-6-11-30(40)35-16-20-36-17-8-9-18-37(22-21-36)29-13-12-28(26(2)24-29)23-27(3)33(43)44;1-2/h12-13,23-25H,4-11,14-22H2,1-3H3,(H,34,41)(H,35,40)(H,43,44);2H,1H3/b27-23+;. The molecule has 0 unspecified atom stereocenters. The number of benzene rings is 1. The van der Waals surface area contributed by atoms with Gasteiger partial charge in [-0.25, -0.2) is 0 Å². The fourth-order valence-electron chi connectivity index (χ4n) is 5.08. The molecular weight excluding hydrogens is 623 g/mol. The van der Waals surface area contributed by atoms with Crippen LogP contribution in [-0.2, 0) is 24.0 Å². The van der Waals surface area contributed by atoms with Crippen LogP contribution in [0, 0.1) is 6.92 Å². The Labute approximate surface area is 286 Å². The number of nitrogens with zero attached hydrogens (tertiary/aromatic N) is 3. The third-order valence-corrected chi connectivity index (χ3v) is 8.16. The van der Waals surface area contributed by atoms with Crippen molar-refractivity contribution in [2.75, 3.05) is 63.5 Å². The average molecular weight is 678 g/mol. The number of carbonyl (C=O) groups is 5. The van der Waals surface area contributed by atoms with Crippen molar-refractivity contribution in [1.29, 1.82) is 0 Å². The molecule has 0 radical (unpaired) electrons. The zero-order valence-electron chi connectivity index (χ0n) is 28.2. The van der Waals surface area contributed by atoms with Crippen LogP contribution in [0.1, 0.15) is 82.8 Å². The minimum absolute atomic E-state index is 0.0490. The number of hydrogen-bond acceptors (Lipinski definition) is 8. The maximum Gasteiger partial charge on any atom is 0.228 e. The molecule has 4 amide bonds. The van der Waals surface area contributed by atoms with E-state index in [9.17, 15) is 24.0 Å². The molecule has 0 atom stereocenters. The maximum absolute atomic E-state index is 12.3. The smallest absolute Gasteiger partial charge is 0.228 e. The summed E-state index contributed by atoms with van der Waals surface area (Å²) in [5, 5.41) is 5.64. The van der Waals surface area contributed by atoms with Gasteiger partial charge in [-0.3, -0.25) is 33.8 Å². The number of thiol groups is 2. The Morgan fingerprint density at radius 2 is 1.61 bits per heavy atom. The Bertz CT molecular complexity index is 1150. The van der Waals surface area contributed by atoms with Crippen molar-refractivity contribution in [3.8, 4) is 0 Å². The van der Waals surface area contributed by atoms with Crippen molar-refractivity contribution in [1.82, 2.24) is 20.4 Å². The molecule has 2 N–H and O–H groups in total. The largest absolute Gasteiger partial charge is 0.370 e. The first-order valence-corrected chi connectivity index (χ1v) is 17.7. The van der Waals surface area contributed by atoms with E-state index in [2.05, 4.69) is 70.8 Å². The molecule has 10 nitrogen and oxygen atoms in total. The van der Waals surface area contributed by atoms with Crippen molar-refractivity contribution in [2.45, 2.75) is 78.6 Å². The molecule has 0 spiro atoms. The van der Waals surface area contributed by atoms with Gasteiger partial charge in [0, 0.05) is 76.3 Å². The van der Waals surface area contributed by atoms with Crippen molar-refractivity contribution in [2.24, 2.45) is 0 Å². The second-order valence-corrected chi connectivity index (χ2v) is 11.8. The van der Waals surface area contributed by atoms with E-state index in [1.165, 1.54) is 5.69 Å². The third kappa shape index (κ3) is 16.6. The van der Waals surface area contributed by atoms with Gasteiger partial charge in [-0.15, -0.1) is 12.6 Å². The number of unbranched alkanes of at least 4 members (excludes halogenated alkanes) is 2. The van der Waals surface area contributed by atoms with Crippen LogP contribution < -0.4 is 15.5 Å². The fourth-order valence-corrected chi connectivity index (χ4v) is 5.14. The molecule has 1 aromatic carbocycles. The summed E-state index contributed by atoms with van der Waals surface area (Å²) in [6.07, 6.45) is 10.1. The molecule has 0 bridgehead atoms. The molecule has 0 aliphatic carbocycles. The summed E-state index contributed by atoms with van der Waals surface area (Å²) in [4.78, 5) is 64.5. The van der Waals surface area contributed by atoms with Crippen LogP contribution in [0.4, 0.5) is 5.69 Å². The number of anilines is 1. The van der Waals surface area contributed by atoms with E-state index in [0.29, 0.717) is 44.3 Å². The summed E-state index contributed by atoms with van der Waals surface area (Å²) in [7, 11) is 0. The lowest BCUT2D eigenvalue weighted by Gasteiger charge is -2.32. The van der Waals surface area contributed by atoms with E-state index in [1.54, 1.807) is 13.2 Å². The number of amides is 4. The minimum atomic E-state index is -0.260. The molecule has 12 heteroatoms. The molecule has 1 aromatic rings. The number of imide groups is 1. The van der Waals surface area contributed by atoms with Gasteiger partial charge in [0.1, 0.15) is 0 Å². The van der Waals surface area contributed by atoms with Crippen molar-refractivity contribution >= 4 is 66.3 Å². The first kappa shape index (κ1) is 41.2. The highest BCUT2D eigenvalue weighted by Crippen LogP contribution is 2.23. The molecule has 1 heterocycles. The lowest BCUT2D eigenvalue weighted by atomic mass is 10.0. The van der Waals surface area contributed by atoms with Gasteiger partial charge in [-0.05, 0) is 88.1 Å². The molecule has 1 aliphatic heterocycles. The number of aryl methyl sites for hydroxylation is 1. The first-order chi connectivity index (χ1) is 22.1. The van der Waals surface area contributed by atoms with Crippen molar-refractivity contribution < 1.29 is 24.0 Å². The average Bonchev–Trinajstić information content (AvgIpc) is 3.02. The molecule has 258 valence electrons. The van der Waals surface area contributed by atoms with Crippen LogP contribution in [0.5, 0.6) is 0 Å². The predicted molar refractivity (Wildman–Crippen MR) is 193 cm³/mol. The van der Waals surface area contributed by atoms with Gasteiger partial charge in [-0.2, -0.15) is 12.6 Å². The summed E-state index contributed by atoms with van der Waals surface area (Å²) in [5.74, 6) is -0.400. The second kappa shape index (κ2) is 24.4. The number of carbonyl (C=O) groups excluding carboxylic acids is 5. The number of hydrogen-bond donors (Lipinski definition) is 4. The molecule has 1 saturated heterocycles. The molecule has 46 heavy (non-hydrogen) atoms. The van der Waals surface area contributed by atoms with Gasteiger partial charge in [0.2, 0.25) is 29.2 Å². The summed E-state index contributed by atoms with van der Waals surface area (Å²) in [6.45, 7) is 11.6. The Morgan fingerprint density at radius 1 is 0.913 bits per heavy atom. The Kier molecular flexibility index (Phi) is 21.8. The van der Waals surface area contributed by atoms with Gasteiger partial charge in [0.05, 0.1) is 0 Å². The van der Waals surface area contributed by atoms with E-state index in [1.807, 2.05) is 13.0 Å². The molecular formula is C34H55N5O5S2. The second-order valence-electron chi connectivity index (χ2n) is 11.4. The van der Waals surface area contributed by atoms with Crippen molar-refractivity contribution in [3.05, 3.63) is 34.9 Å². The summed E-state index contributed by atoms with van der Waals surface area (Å²) in [6, 6.07) is 6.37. The molecule has 0 saturated carbocycles. The van der Waals surface area contributed by atoms with Gasteiger partial charge in [-0.1, -0.05) is 19.4 Å². The van der Waals surface area contributed by atoms with Gasteiger partial charge in [0.25, 0.3) is 0 Å². The molecule has 1 fully saturated rings. The molecule has 1 aliphatic rings. The van der Waals surface area contributed by atoms with Crippen LogP contribution in [0.3, 0.4) is 0 Å². The van der Waals surface area contributed by atoms with Gasteiger partial charge >= 0.3 is 0 Å². The minimum Gasteiger partial charge on any atom is -0.370 e. The predicted octanol–water partition coefficient (Wildman–Crippen LogP) is 4.27. The SMILES string of the molecule is CCCC(=O)N(C=O)CCC(=O)NCCCCCC(=O)NCCN1CCCCN(c2ccc(/C=C(\C)C(=O)S)c(C)c2)CC1.CS. The quantitative estimate of drug-likeness (QED) is 0.0794. The normalized spacial score (nSPS) is 13.9. The van der Waals surface area contributed by atoms with Crippen LogP contribution in [0.2, 0.25) is 0 Å². The Balaban J connectivity index is 0.00000518. The van der Waals surface area contributed by atoms with E-state index in [-0.39, 0.29) is 35.8 Å².